The van der Waals surface area contributed by atoms with Crippen molar-refractivity contribution >= 4 is 30.1 Å². The number of hydrogen-bond acceptors (Lipinski definition) is 4. The van der Waals surface area contributed by atoms with E-state index in [1.165, 1.54) is 0 Å². The van der Waals surface area contributed by atoms with Gasteiger partial charge in [0.25, 0.3) is 0 Å². The van der Waals surface area contributed by atoms with E-state index in [1.54, 1.807) is 0 Å². The third-order valence-corrected chi connectivity index (χ3v) is 2.63. The summed E-state index contributed by atoms with van der Waals surface area (Å²) in [5.41, 5.74) is 0. The summed E-state index contributed by atoms with van der Waals surface area (Å²) < 4.78 is 0. The van der Waals surface area contributed by atoms with Gasteiger partial charge in [-0.15, -0.1) is 0 Å². The second-order valence-corrected chi connectivity index (χ2v) is 10.2. The molecule has 1 saturated heterocycles. The van der Waals surface area contributed by atoms with Crippen molar-refractivity contribution < 1.29 is 11.4 Å². The standard InChI is InChI=1S/C10H20N4.3ClH.Cr/c1-3-12-8-13(4-2)10-14(9-12)7-5-6-11;;;;/h3-5,7-10H2,1-2H3;3*1H;/q;;;;+3/p-3. The number of rotatable bonds is 4. The van der Waals surface area contributed by atoms with Gasteiger partial charge in [0, 0.05) is 13.0 Å². The van der Waals surface area contributed by atoms with Crippen LogP contribution in [0.2, 0.25) is 0 Å². The van der Waals surface area contributed by atoms with Crippen LogP contribution in [0.1, 0.15) is 20.3 Å². The summed E-state index contributed by atoms with van der Waals surface area (Å²) in [5.74, 6) is 0. The summed E-state index contributed by atoms with van der Waals surface area (Å²) in [6, 6.07) is 2.20. The molecule has 0 radical (unpaired) electrons. The van der Waals surface area contributed by atoms with Gasteiger partial charge in [0.1, 0.15) is 0 Å². The second kappa shape index (κ2) is 11.6. The average molecular weight is 355 g/mol. The molecule has 1 aliphatic heterocycles. The van der Waals surface area contributed by atoms with Crippen molar-refractivity contribution in [3.8, 4) is 6.07 Å². The Morgan fingerprint density at radius 1 is 1.00 bits per heavy atom. The predicted octanol–water partition coefficient (Wildman–Crippen LogP) is 2.80. The minimum atomic E-state index is -1.62. The van der Waals surface area contributed by atoms with Crippen molar-refractivity contribution in [2.45, 2.75) is 20.3 Å². The van der Waals surface area contributed by atoms with E-state index in [4.69, 9.17) is 35.4 Å². The molecule has 18 heavy (non-hydrogen) atoms. The molecule has 1 heterocycles. The number of nitrogens with zero attached hydrogens (tertiary/aromatic N) is 4. The number of hydrogen-bond donors (Lipinski definition) is 0. The van der Waals surface area contributed by atoms with Crippen molar-refractivity contribution in [3.05, 3.63) is 0 Å². The van der Waals surface area contributed by atoms with Gasteiger partial charge in [-0.2, -0.15) is 5.26 Å². The fourth-order valence-corrected chi connectivity index (χ4v) is 1.73. The Morgan fingerprint density at radius 2 is 1.39 bits per heavy atom. The van der Waals surface area contributed by atoms with Gasteiger partial charge in [0.2, 0.25) is 0 Å². The van der Waals surface area contributed by atoms with Crippen LogP contribution in [-0.2, 0) is 11.4 Å². The van der Waals surface area contributed by atoms with Gasteiger partial charge in [-0.1, -0.05) is 13.8 Å². The molecule has 0 amide bonds. The van der Waals surface area contributed by atoms with Crippen LogP contribution in [0, 0.1) is 11.3 Å². The van der Waals surface area contributed by atoms with Crippen LogP contribution in [0.25, 0.3) is 0 Å². The molecule has 0 aliphatic carbocycles. The van der Waals surface area contributed by atoms with E-state index in [9.17, 15) is 0 Å². The molecule has 0 saturated carbocycles. The summed E-state index contributed by atoms with van der Waals surface area (Å²) in [7, 11) is 14.8. The van der Waals surface area contributed by atoms with E-state index in [1.807, 2.05) is 0 Å². The molecule has 1 fully saturated rings. The molecule has 1 aliphatic rings. The second-order valence-electron chi connectivity index (χ2n) is 3.88. The monoisotopic (exact) mass is 353 g/mol. The first kappa shape index (κ1) is 18.8. The first-order chi connectivity index (χ1) is 8.53. The molecule has 1 rings (SSSR count). The molecule has 107 valence electrons. The Balaban J connectivity index is 0.000000631. The number of halogens is 3. The quantitative estimate of drug-likeness (QED) is 0.777. The third kappa shape index (κ3) is 9.67. The van der Waals surface area contributed by atoms with Gasteiger partial charge < -0.3 is 0 Å². The van der Waals surface area contributed by atoms with E-state index in [-0.39, 0.29) is 0 Å². The Morgan fingerprint density at radius 3 is 1.72 bits per heavy atom. The molecule has 0 aromatic rings. The molecule has 0 unspecified atom stereocenters. The Kier molecular flexibility index (Phi) is 12.1. The molecule has 0 aromatic heterocycles. The fraction of sp³-hybridized carbons (Fsp3) is 0.900. The SMILES string of the molecule is CCN1CN(CC)CN(CCC#N)C1.[Cl][Cr]([Cl])[Cl]. The van der Waals surface area contributed by atoms with Crippen molar-refractivity contribution in [3.63, 3.8) is 0 Å². The van der Waals surface area contributed by atoms with Crippen molar-refractivity contribution in [1.29, 1.82) is 5.26 Å². The predicted molar refractivity (Wildman–Crippen MR) is 73.9 cm³/mol. The van der Waals surface area contributed by atoms with Crippen LogP contribution in [0.5, 0.6) is 0 Å². The molecular weight excluding hydrogens is 334 g/mol. The molecule has 0 bridgehead atoms. The minimum absolute atomic E-state index is 0.634. The Hall–Kier alpha value is 0.772. The summed E-state index contributed by atoms with van der Waals surface area (Å²) in [6.07, 6.45) is 0.634. The van der Waals surface area contributed by atoms with Crippen LogP contribution in [0.15, 0.2) is 0 Å². The summed E-state index contributed by atoms with van der Waals surface area (Å²) in [4.78, 5) is 7.12. The zero-order valence-electron chi connectivity index (χ0n) is 10.8. The normalized spacial score (nSPS) is 18.3. The topological polar surface area (TPSA) is 33.5 Å². The third-order valence-electron chi connectivity index (χ3n) is 2.63. The van der Waals surface area contributed by atoms with Gasteiger partial charge in [0.15, 0.2) is 0 Å². The zero-order valence-corrected chi connectivity index (χ0v) is 14.3. The zero-order chi connectivity index (χ0) is 14.0. The van der Waals surface area contributed by atoms with Crippen LogP contribution < -0.4 is 0 Å². The van der Waals surface area contributed by atoms with E-state index in [2.05, 4.69) is 34.6 Å². The maximum atomic E-state index is 8.54. The van der Waals surface area contributed by atoms with E-state index >= 15 is 0 Å². The number of nitriles is 1. The van der Waals surface area contributed by atoms with Gasteiger partial charge in [-0.25, -0.2) is 0 Å². The Bertz CT molecular complexity index is 235. The fourth-order valence-electron chi connectivity index (χ4n) is 1.73. The van der Waals surface area contributed by atoms with Gasteiger partial charge >= 0.3 is 41.5 Å². The molecule has 0 spiro atoms. The Labute approximate surface area is 127 Å². The van der Waals surface area contributed by atoms with E-state index in [0.717, 1.165) is 39.6 Å². The van der Waals surface area contributed by atoms with Crippen LogP contribution in [0.4, 0.5) is 0 Å². The maximum absolute atomic E-state index is 8.54. The van der Waals surface area contributed by atoms with E-state index in [0.29, 0.717) is 6.42 Å². The molecule has 8 heteroatoms. The molecular formula is C10H20Cl3CrN4. The van der Waals surface area contributed by atoms with Gasteiger partial charge in [0.05, 0.1) is 26.1 Å². The molecule has 0 atom stereocenters. The van der Waals surface area contributed by atoms with Gasteiger partial charge in [-0.05, 0) is 13.1 Å². The first-order valence-electron chi connectivity index (χ1n) is 5.80. The summed E-state index contributed by atoms with van der Waals surface area (Å²) in [5, 5.41) is 8.54. The van der Waals surface area contributed by atoms with Crippen LogP contribution in [0.3, 0.4) is 0 Å². The molecule has 0 aromatic carbocycles. The van der Waals surface area contributed by atoms with Crippen molar-refractivity contribution in [2.75, 3.05) is 39.6 Å². The van der Waals surface area contributed by atoms with Crippen LogP contribution in [-0.4, -0.2) is 54.3 Å². The summed E-state index contributed by atoms with van der Waals surface area (Å²) >= 11 is -1.62. The van der Waals surface area contributed by atoms with E-state index < -0.39 is 11.4 Å². The summed E-state index contributed by atoms with van der Waals surface area (Å²) in [6.45, 7) is 10.5. The molecule has 0 N–H and O–H groups in total. The van der Waals surface area contributed by atoms with Crippen molar-refractivity contribution in [1.82, 2.24) is 14.7 Å². The first-order valence-corrected chi connectivity index (χ1v) is 11.1. The van der Waals surface area contributed by atoms with Crippen molar-refractivity contribution in [2.24, 2.45) is 0 Å². The van der Waals surface area contributed by atoms with Crippen LogP contribution >= 0.6 is 30.1 Å². The van der Waals surface area contributed by atoms with Gasteiger partial charge in [-0.3, -0.25) is 14.7 Å². The molecule has 4 nitrogen and oxygen atoms in total. The average Bonchev–Trinajstić information content (AvgIpc) is 2.35.